The second kappa shape index (κ2) is 6.35. The second-order valence-electron chi connectivity index (χ2n) is 6.86. The van der Waals surface area contributed by atoms with E-state index in [2.05, 4.69) is 20.2 Å². The molecular formula is C19H22N4O2. The minimum Gasteiger partial charge on any atom is -0.342 e. The number of nitrogens with zero attached hydrogens (tertiary/aromatic N) is 2. The topological polar surface area (TPSA) is 78.1 Å². The fourth-order valence-corrected chi connectivity index (χ4v) is 3.86. The third-order valence-electron chi connectivity index (χ3n) is 5.16. The maximum absolute atomic E-state index is 12.9. The van der Waals surface area contributed by atoms with Crippen LogP contribution in [0.5, 0.6) is 0 Å². The van der Waals surface area contributed by atoms with Crippen molar-refractivity contribution < 1.29 is 4.79 Å². The van der Waals surface area contributed by atoms with Crippen LogP contribution in [0.4, 0.5) is 11.8 Å². The number of piperidine rings is 1. The molecule has 0 spiro atoms. The molecule has 1 fully saturated rings. The van der Waals surface area contributed by atoms with E-state index < -0.39 is 0 Å². The van der Waals surface area contributed by atoms with Crippen LogP contribution in [-0.2, 0) is 4.79 Å². The fraction of sp³-hybridized carbons (Fsp3) is 0.421. The molecule has 1 aromatic heterocycles. The second-order valence-corrected chi connectivity index (χ2v) is 6.86. The molecule has 25 heavy (non-hydrogen) atoms. The first-order chi connectivity index (χ1) is 12.1. The van der Waals surface area contributed by atoms with Gasteiger partial charge in [-0.2, -0.15) is 4.98 Å². The van der Waals surface area contributed by atoms with Crippen LogP contribution in [0.1, 0.15) is 48.3 Å². The maximum Gasteiger partial charge on any atom is 0.258 e. The van der Waals surface area contributed by atoms with Gasteiger partial charge in [0, 0.05) is 25.4 Å². The Morgan fingerprint density at radius 2 is 1.88 bits per heavy atom. The number of hydrogen-bond acceptors (Lipinski definition) is 4. The summed E-state index contributed by atoms with van der Waals surface area (Å²) < 4.78 is 0. The molecule has 1 unspecified atom stereocenters. The van der Waals surface area contributed by atoms with E-state index >= 15 is 0 Å². The molecule has 1 saturated heterocycles. The Labute approximate surface area is 146 Å². The number of amides is 1. The number of aromatic nitrogens is 2. The van der Waals surface area contributed by atoms with Crippen molar-refractivity contribution in [2.75, 3.05) is 23.3 Å². The van der Waals surface area contributed by atoms with Crippen molar-refractivity contribution in [1.29, 1.82) is 0 Å². The lowest BCUT2D eigenvalue weighted by molar-refractivity contribution is -0.116. The van der Waals surface area contributed by atoms with E-state index in [9.17, 15) is 9.59 Å². The molecule has 1 atom stereocenters. The highest BCUT2D eigenvalue weighted by molar-refractivity contribution is 5.94. The predicted molar refractivity (Wildman–Crippen MR) is 97.2 cm³/mol. The number of fused-ring (bicyclic) bond motifs is 1. The molecule has 2 aromatic rings. The first-order valence-corrected chi connectivity index (χ1v) is 8.88. The Balaban J connectivity index is 1.80. The van der Waals surface area contributed by atoms with Gasteiger partial charge < -0.3 is 10.2 Å². The van der Waals surface area contributed by atoms with Gasteiger partial charge in [0.2, 0.25) is 11.9 Å². The molecule has 3 heterocycles. The number of anilines is 2. The SMILES string of the molecule is Cc1ccccc1C1CC(=O)Nc2nc(N3CCCCC3)[nH]c(=O)c21. The van der Waals surface area contributed by atoms with E-state index in [1.165, 1.54) is 6.42 Å². The quantitative estimate of drug-likeness (QED) is 0.882. The number of carbonyl (C=O) groups is 1. The maximum atomic E-state index is 12.9. The molecule has 130 valence electrons. The van der Waals surface area contributed by atoms with Gasteiger partial charge in [0.25, 0.3) is 5.56 Å². The van der Waals surface area contributed by atoms with Gasteiger partial charge in [0.05, 0.1) is 5.56 Å². The summed E-state index contributed by atoms with van der Waals surface area (Å²) in [6.45, 7) is 3.78. The van der Waals surface area contributed by atoms with Crippen LogP contribution in [0.2, 0.25) is 0 Å². The molecule has 6 heteroatoms. The molecular weight excluding hydrogens is 316 g/mol. The van der Waals surface area contributed by atoms with Crippen molar-refractivity contribution in [3.05, 3.63) is 51.3 Å². The van der Waals surface area contributed by atoms with E-state index in [0.717, 1.165) is 37.1 Å². The minimum absolute atomic E-state index is 0.0940. The number of aryl methyl sites for hydroxylation is 1. The summed E-state index contributed by atoms with van der Waals surface area (Å²) in [7, 11) is 0. The number of carbonyl (C=O) groups excluding carboxylic acids is 1. The molecule has 0 aliphatic carbocycles. The number of benzene rings is 1. The van der Waals surface area contributed by atoms with E-state index in [0.29, 0.717) is 17.3 Å². The molecule has 6 nitrogen and oxygen atoms in total. The predicted octanol–water partition coefficient (Wildman–Crippen LogP) is 2.54. The van der Waals surface area contributed by atoms with Crippen molar-refractivity contribution in [2.45, 2.75) is 38.5 Å². The number of H-pyrrole nitrogens is 1. The van der Waals surface area contributed by atoms with Gasteiger partial charge in [-0.3, -0.25) is 14.6 Å². The monoisotopic (exact) mass is 338 g/mol. The van der Waals surface area contributed by atoms with Crippen LogP contribution in [0.15, 0.2) is 29.1 Å². The smallest absolute Gasteiger partial charge is 0.258 e. The Hall–Kier alpha value is -2.63. The van der Waals surface area contributed by atoms with E-state index in [1.807, 2.05) is 31.2 Å². The molecule has 2 aliphatic heterocycles. The largest absolute Gasteiger partial charge is 0.342 e. The molecule has 0 saturated carbocycles. The van der Waals surface area contributed by atoms with Crippen molar-refractivity contribution in [3.63, 3.8) is 0 Å². The average Bonchev–Trinajstić information content (AvgIpc) is 2.62. The summed E-state index contributed by atoms with van der Waals surface area (Å²) in [4.78, 5) is 34.7. The van der Waals surface area contributed by atoms with Crippen LogP contribution >= 0.6 is 0 Å². The molecule has 2 aliphatic rings. The van der Waals surface area contributed by atoms with Crippen molar-refractivity contribution >= 4 is 17.7 Å². The number of hydrogen-bond donors (Lipinski definition) is 2. The summed E-state index contributed by atoms with van der Waals surface area (Å²) in [6.07, 6.45) is 3.67. The summed E-state index contributed by atoms with van der Waals surface area (Å²) >= 11 is 0. The molecule has 0 bridgehead atoms. The molecule has 1 amide bonds. The van der Waals surface area contributed by atoms with Crippen LogP contribution < -0.4 is 15.8 Å². The normalized spacial score (nSPS) is 20.1. The Morgan fingerprint density at radius 3 is 2.64 bits per heavy atom. The van der Waals surface area contributed by atoms with Gasteiger partial charge in [0.15, 0.2) is 0 Å². The first-order valence-electron chi connectivity index (χ1n) is 8.88. The zero-order chi connectivity index (χ0) is 17.4. The standard InChI is InChI=1S/C19H22N4O2/c1-12-7-3-4-8-13(12)14-11-15(24)20-17-16(14)18(25)22-19(21-17)23-9-5-2-6-10-23/h3-4,7-8,14H,2,5-6,9-11H2,1H3,(H2,20,21,22,24,25). The molecule has 0 radical (unpaired) electrons. The van der Waals surface area contributed by atoms with Crippen LogP contribution in [0.25, 0.3) is 0 Å². The van der Waals surface area contributed by atoms with E-state index in [1.54, 1.807) is 0 Å². The highest BCUT2D eigenvalue weighted by atomic mass is 16.2. The Kier molecular flexibility index (Phi) is 4.03. The van der Waals surface area contributed by atoms with Gasteiger partial charge in [-0.15, -0.1) is 0 Å². The summed E-state index contributed by atoms with van der Waals surface area (Å²) in [5.74, 6) is 0.628. The summed E-state index contributed by atoms with van der Waals surface area (Å²) in [5.41, 5.74) is 2.50. The minimum atomic E-state index is -0.253. The Bertz CT molecular complexity index is 868. The zero-order valence-electron chi connectivity index (χ0n) is 14.3. The number of nitrogens with one attached hydrogen (secondary N) is 2. The molecule has 1 aromatic carbocycles. The van der Waals surface area contributed by atoms with E-state index in [-0.39, 0.29) is 23.8 Å². The van der Waals surface area contributed by atoms with Crippen LogP contribution in [0.3, 0.4) is 0 Å². The number of aromatic amines is 1. The van der Waals surface area contributed by atoms with Gasteiger partial charge in [-0.05, 0) is 37.3 Å². The van der Waals surface area contributed by atoms with Crippen LogP contribution in [-0.4, -0.2) is 29.0 Å². The van der Waals surface area contributed by atoms with Gasteiger partial charge in [-0.25, -0.2) is 0 Å². The Morgan fingerprint density at radius 1 is 1.12 bits per heavy atom. The van der Waals surface area contributed by atoms with Gasteiger partial charge in [-0.1, -0.05) is 24.3 Å². The number of rotatable bonds is 2. The average molecular weight is 338 g/mol. The van der Waals surface area contributed by atoms with Gasteiger partial charge in [0.1, 0.15) is 5.82 Å². The summed E-state index contributed by atoms with van der Waals surface area (Å²) in [6, 6.07) is 7.90. The lowest BCUT2D eigenvalue weighted by Gasteiger charge is -2.30. The molecule has 2 N–H and O–H groups in total. The van der Waals surface area contributed by atoms with Gasteiger partial charge >= 0.3 is 0 Å². The zero-order valence-corrected chi connectivity index (χ0v) is 14.3. The first kappa shape index (κ1) is 15.9. The highest BCUT2D eigenvalue weighted by Gasteiger charge is 2.32. The highest BCUT2D eigenvalue weighted by Crippen LogP contribution is 2.35. The van der Waals surface area contributed by atoms with E-state index in [4.69, 9.17) is 0 Å². The third kappa shape index (κ3) is 2.92. The fourth-order valence-electron chi connectivity index (χ4n) is 3.86. The summed E-state index contributed by atoms with van der Waals surface area (Å²) in [5, 5.41) is 2.80. The molecule has 4 rings (SSSR count). The van der Waals surface area contributed by atoms with Crippen LogP contribution in [0, 0.1) is 6.92 Å². The van der Waals surface area contributed by atoms with Crippen molar-refractivity contribution in [3.8, 4) is 0 Å². The third-order valence-corrected chi connectivity index (χ3v) is 5.16. The lowest BCUT2D eigenvalue weighted by Crippen LogP contribution is -2.36. The lowest BCUT2D eigenvalue weighted by atomic mass is 9.84. The van der Waals surface area contributed by atoms with Crippen molar-refractivity contribution in [1.82, 2.24) is 9.97 Å². The van der Waals surface area contributed by atoms with Crippen molar-refractivity contribution in [2.24, 2.45) is 0 Å².